The number of allylic oxidation sites excluding steroid dienone is 4. The van der Waals surface area contributed by atoms with Gasteiger partial charge in [0.15, 0.2) is 0 Å². The van der Waals surface area contributed by atoms with Crippen LogP contribution in [0.3, 0.4) is 0 Å². The van der Waals surface area contributed by atoms with E-state index in [9.17, 15) is 0 Å². The van der Waals surface area contributed by atoms with Crippen LogP contribution in [0.25, 0.3) is 0 Å². The molecule has 0 radical (unpaired) electrons. The maximum Gasteiger partial charge on any atom is -0.0311 e. The summed E-state index contributed by atoms with van der Waals surface area (Å²) in [6, 6.07) is 0. The second-order valence-corrected chi connectivity index (χ2v) is 3.41. The summed E-state index contributed by atoms with van der Waals surface area (Å²) in [5.41, 5.74) is 0. The predicted molar refractivity (Wildman–Crippen MR) is 43.7 cm³/mol. The minimum absolute atomic E-state index is 0.981. The fraction of sp³-hybridized carbons (Fsp3) is 0.600. The smallest absolute Gasteiger partial charge is 0.0311 e. The van der Waals surface area contributed by atoms with Crippen molar-refractivity contribution >= 4 is 0 Å². The van der Waals surface area contributed by atoms with Crippen molar-refractivity contribution in [1.82, 2.24) is 0 Å². The maximum absolute atomic E-state index is 2.34. The second kappa shape index (κ2) is 2.61. The first kappa shape index (κ1) is 6.21. The van der Waals surface area contributed by atoms with Crippen molar-refractivity contribution in [2.24, 2.45) is 11.8 Å². The fourth-order valence-electron chi connectivity index (χ4n) is 2.05. The third-order valence-electron chi connectivity index (χ3n) is 2.76. The summed E-state index contributed by atoms with van der Waals surface area (Å²) in [4.78, 5) is 0. The zero-order valence-corrected chi connectivity index (χ0v) is 6.29. The molecule has 0 N–H and O–H groups in total. The number of hydrogen-bond acceptors (Lipinski definition) is 0. The molecule has 0 nitrogen and oxygen atoms in total. The topological polar surface area (TPSA) is 0 Å². The molecule has 0 heteroatoms. The molecule has 0 saturated carbocycles. The fourth-order valence-corrected chi connectivity index (χ4v) is 2.05. The Labute approximate surface area is 62.6 Å². The highest BCUT2D eigenvalue weighted by Crippen LogP contribution is 2.34. The van der Waals surface area contributed by atoms with Crippen molar-refractivity contribution in [3.05, 3.63) is 24.3 Å². The van der Waals surface area contributed by atoms with Gasteiger partial charge in [0.2, 0.25) is 0 Å². The molecule has 0 aromatic rings. The average molecular weight is 134 g/mol. The minimum atomic E-state index is 0.981. The van der Waals surface area contributed by atoms with Gasteiger partial charge in [0.25, 0.3) is 0 Å². The molecular formula is C10H14. The van der Waals surface area contributed by atoms with Crippen LogP contribution < -0.4 is 0 Å². The van der Waals surface area contributed by atoms with Crippen LogP contribution in [0, 0.1) is 11.8 Å². The summed E-state index contributed by atoms with van der Waals surface area (Å²) < 4.78 is 0. The third-order valence-corrected chi connectivity index (χ3v) is 2.76. The van der Waals surface area contributed by atoms with Crippen LogP contribution in [0.5, 0.6) is 0 Å². The molecule has 0 unspecified atom stereocenters. The van der Waals surface area contributed by atoms with Crippen LogP contribution in [-0.4, -0.2) is 0 Å². The molecule has 0 spiro atoms. The summed E-state index contributed by atoms with van der Waals surface area (Å²) >= 11 is 0. The van der Waals surface area contributed by atoms with E-state index in [2.05, 4.69) is 24.3 Å². The first-order valence-electron chi connectivity index (χ1n) is 4.27. The Morgan fingerprint density at radius 2 is 0.900 bits per heavy atom. The standard InChI is InChI=1S/C10H14/c1-2-6-9(5-1)10-7-3-4-8-10/h1-4,9-10H,5-8H2. The summed E-state index contributed by atoms with van der Waals surface area (Å²) in [5, 5.41) is 0. The molecule has 54 valence electrons. The monoisotopic (exact) mass is 134 g/mol. The Balaban J connectivity index is 1.89. The molecular weight excluding hydrogens is 120 g/mol. The summed E-state index contributed by atoms with van der Waals surface area (Å²) in [7, 11) is 0. The predicted octanol–water partition coefficient (Wildman–Crippen LogP) is 2.92. The van der Waals surface area contributed by atoms with Crippen molar-refractivity contribution in [2.45, 2.75) is 25.7 Å². The van der Waals surface area contributed by atoms with E-state index in [-0.39, 0.29) is 0 Å². The first-order chi connectivity index (χ1) is 4.97. The molecule has 2 rings (SSSR count). The van der Waals surface area contributed by atoms with Crippen LogP contribution in [-0.2, 0) is 0 Å². The molecule has 0 bridgehead atoms. The summed E-state index contributed by atoms with van der Waals surface area (Å²) in [6.45, 7) is 0. The third kappa shape index (κ3) is 1.03. The van der Waals surface area contributed by atoms with Gasteiger partial charge in [-0.2, -0.15) is 0 Å². The average Bonchev–Trinajstić information content (AvgIpc) is 2.59. The lowest BCUT2D eigenvalue weighted by atomic mass is 9.88. The second-order valence-electron chi connectivity index (χ2n) is 3.41. The molecule has 2 aliphatic carbocycles. The SMILES string of the molecule is C1=CCC(C2CC=CC2)C1. The van der Waals surface area contributed by atoms with E-state index in [0.29, 0.717) is 0 Å². The molecule has 0 amide bonds. The first-order valence-corrected chi connectivity index (χ1v) is 4.27. The van der Waals surface area contributed by atoms with Gasteiger partial charge in [-0.05, 0) is 37.5 Å². The zero-order valence-electron chi connectivity index (χ0n) is 6.29. The largest absolute Gasteiger partial charge is 0.0882 e. The van der Waals surface area contributed by atoms with E-state index in [1.165, 1.54) is 25.7 Å². The molecule has 0 aromatic heterocycles. The van der Waals surface area contributed by atoms with Gasteiger partial charge in [-0.15, -0.1) is 0 Å². The van der Waals surface area contributed by atoms with E-state index in [1.54, 1.807) is 0 Å². The quantitative estimate of drug-likeness (QED) is 0.484. The van der Waals surface area contributed by atoms with Crippen molar-refractivity contribution in [3.63, 3.8) is 0 Å². The lowest BCUT2D eigenvalue weighted by Gasteiger charge is -2.16. The van der Waals surface area contributed by atoms with Crippen LogP contribution in [0.4, 0.5) is 0 Å². The van der Waals surface area contributed by atoms with Gasteiger partial charge in [-0.1, -0.05) is 24.3 Å². The van der Waals surface area contributed by atoms with Gasteiger partial charge < -0.3 is 0 Å². The van der Waals surface area contributed by atoms with Crippen LogP contribution in [0.1, 0.15) is 25.7 Å². The maximum atomic E-state index is 2.34. The molecule has 0 fully saturated rings. The van der Waals surface area contributed by atoms with E-state index < -0.39 is 0 Å². The van der Waals surface area contributed by atoms with Crippen molar-refractivity contribution in [1.29, 1.82) is 0 Å². The molecule has 0 heterocycles. The summed E-state index contributed by atoms with van der Waals surface area (Å²) in [5.74, 6) is 1.96. The minimum Gasteiger partial charge on any atom is -0.0882 e. The van der Waals surface area contributed by atoms with E-state index >= 15 is 0 Å². The Kier molecular flexibility index (Phi) is 1.62. The molecule has 0 atom stereocenters. The van der Waals surface area contributed by atoms with Gasteiger partial charge in [0.1, 0.15) is 0 Å². The number of hydrogen-bond donors (Lipinski definition) is 0. The van der Waals surface area contributed by atoms with Gasteiger partial charge in [0, 0.05) is 0 Å². The normalized spacial score (nSPS) is 26.8. The van der Waals surface area contributed by atoms with Crippen LogP contribution in [0.15, 0.2) is 24.3 Å². The van der Waals surface area contributed by atoms with Crippen molar-refractivity contribution in [3.8, 4) is 0 Å². The Hall–Kier alpha value is -0.520. The van der Waals surface area contributed by atoms with E-state index in [4.69, 9.17) is 0 Å². The van der Waals surface area contributed by atoms with Crippen molar-refractivity contribution < 1.29 is 0 Å². The zero-order chi connectivity index (χ0) is 6.81. The molecule has 2 aliphatic rings. The molecule has 10 heavy (non-hydrogen) atoms. The van der Waals surface area contributed by atoms with Gasteiger partial charge in [0.05, 0.1) is 0 Å². The molecule has 0 aliphatic heterocycles. The number of rotatable bonds is 1. The van der Waals surface area contributed by atoms with Gasteiger partial charge in [-0.25, -0.2) is 0 Å². The lowest BCUT2D eigenvalue weighted by molar-refractivity contribution is 0.368. The van der Waals surface area contributed by atoms with E-state index in [1.807, 2.05) is 0 Å². The Morgan fingerprint density at radius 3 is 1.20 bits per heavy atom. The van der Waals surface area contributed by atoms with Crippen molar-refractivity contribution in [2.75, 3.05) is 0 Å². The molecule has 0 aromatic carbocycles. The highest BCUT2D eigenvalue weighted by atomic mass is 14.3. The Morgan fingerprint density at radius 1 is 0.600 bits per heavy atom. The summed E-state index contributed by atoms with van der Waals surface area (Å²) in [6.07, 6.45) is 14.7. The van der Waals surface area contributed by atoms with Crippen LogP contribution >= 0.6 is 0 Å². The lowest BCUT2D eigenvalue weighted by Crippen LogP contribution is -2.07. The van der Waals surface area contributed by atoms with Gasteiger partial charge in [-0.3, -0.25) is 0 Å². The Bertz CT molecular complexity index is 129. The highest BCUT2D eigenvalue weighted by molar-refractivity contribution is 5.02. The van der Waals surface area contributed by atoms with Crippen LogP contribution in [0.2, 0.25) is 0 Å². The van der Waals surface area contributed by atoms with E-state index in [0.717, 1.165) is 11.8 Å². The molecule has 0 saturated heterocycles. The van der Waals surface area contributed by atoms with Gasteiger partial charge >= 0.3 is 0 Å². The highest BCUT2D eigenvalue weighted by Gasteiger charge is 2.21.